The van der Waals surface area contributed by atoms with E-state index in [4.69, 9.17) is 11.6 Å². The Labute approximate surface area is 172 Å². The largest absolute Gasteiger partial charge is 0.339 e. The molecule has 0 aliphatic carbocycles. The number of nitrogens with zero attached hydrogens (tertiary/aromatic N) is 4. The second-order valence-electron chi connectivity index (χ2n) is 7.39. The maximum atomic E-state index is 12.6. The number of halogens is 1. The molecule has 2 saturated heterocycles. The summed E-state index contributed by atoms with van der Waals surface area (Å²) in [7, 11) is 0. The van der Waals surface area contributed by atoms with Crippen LogP contribution in [-0.2, 0) is 11.3 Å². The SMILES string of the molecule is CCNC(=O)N1CCN(CC(=O)N2CCN(Cc3cccc(Cl)c3)CC2)CC1. The van der Waals surface area contributed by atoms with Crippen molar-refractivity contribution in [3.8, 4) is 0 Å². The summed E-state index contributed by atoms with van der Waals surface area (Å²) in [6.07, 6.45) is 0. The van der Waals surface area contributed by atoms with Crippen LogP contribution in [0, 0.1) is 0 Å². The van der Waals surface area contributed by atoms with Gasteiger partial charge in [0.2, 0.25) is 5.91 Å². The fourth-order valence-corrected chi connectivity index (χ4v) is 3.93. The Morgan fingerprint density at radius 3 is 2.25 bits per heavy atom. The summed E-state index contributed by atoms with van der Waals surface area (Å²) in [4.78, 5) is 32.8. The van der Waals surface area contributed by atoms with Crippen LogP contribution in [0.2, 0.25) is 5.02 Å². The Morgan fingerprint density at radius 2 is 1.61 bits per heavy atom. The molecule has 0 spiro atoms. The van der Waals surface area contributed by atoms with Crippen molar-refractivity contribution in [2.75, 3.05) is 65.4 Å². The predicted molar refractivity (Wildman–Crippen MR) is 110 cm³/mol. The van der Waals surface area contributed by atoms with Crippen LogP contribution in [-0.4, -0.2) is 97.0 Å². The van der Waals surface area contributed by atoms with Gasteiger partial charge in [0.1, 0.15) is 0 Å². The topological polar surface area (TPSA) is 59.1 Å². The molecule has 0 radical (unpaired) electrons. The maximum absolute atomic E-state index is 12.6. The predicted octanol–water partition coefficient (Wildman–Crippen LogP) is 1.33. The first-order valence-electron chi connectivity index (χ1n) is 10.0. The molecule has 7 nitrogen and oxygen atoms in total. The van der Waals surface area contributed by atoms with Gasteiger partial charge in [-0.1, -0.05) is 23.7 Å². The monoisotopic (exact) mass is 407 g/mol. The normalized spacial score (nSPS) is 18.9. The summed E-state index contributed by atoms with van der Waals surface area (Å²) in [5.41, 5.74) is 1.21. The van der Waals surface area contributed by atoms with Crippen molar-refractivity contribution in [2.45, 2.75) is 13.5 Å². The summed E-state index contributed by atoms with van der Waals surface area (Å²) < 4.78 is 0. The van der Waals surface area contributed by atoms with E-state index in [1.807, 2.05) is 34.9 Å². The van der Waals surface area contributed by atoms with Crippen molar-refractivity contribution in [1.29, 1.82) is 0 Å². The van der Waals surface area contributed by atoms with Crippen molar-refractivity contribution >= 4 is 23.5 Å². The molecule has 0 unspecified atom stereocenters. The zero-order valence-corrected chi connectivity index (χ0v) is 17.3. The number of hydrogen-bond donors (Lipinski definition) is 1. The molecule has 0 aromatic heterocycles. The zero-order chi connectivity index (χ0) is 19.9. The minimum Gasteiger partial charge on any atom is -0.339 e. The molecule has 154 valence electrons. The molecule has 3 amide bonds. The van der Waals surface area contributed by atoms with Crippen LogP contribution in [0.15, 0.2) is 24.3 Å². The van der Waals surface area contributed by atoms with Crippen LogP contribution >= 0.6 is 11.6 Å². The molecular weight excluding hydrogens is 378 g/mol. The minimum absolute atomic E-state index is 0.00991. The lowest BCUT2D eigenvalue weighted by molar-refractivity contribution is -0.134. The number of carbonyl (C=O) groups is 2. The Hall–Kier alpha value is -1.83. The summed E-state index contributed by atoms with van der Waals surface area (Å²) in [5, 5.41) is 3.59. The van der Waals surface area contributed by atoms with E-state index in [9.17, 15) is 9.59 Å². The van der Waals surface area contributed by atoms with Gasteiger partial charge < -0.3 is 15.1 Å². The minimum atomic E-state index is -0.00991. The smallest absolute Gasteiger partial charge is 0.317 e. The lowest BCUT2D eigenvalue weighted by Crippen LogP contribution is -2.55. The first-order chi connectivity index (χ1) is 13.5. The van der Waals surface area contributed by atoms with Gasteiger partial charge in [-0.3, -0.25) is 14.6 Å². The third kappa shape index (κ3) is 5.83. The molecule has 2 fully saturated rings. The first-order valence-corrected chi connectivity index (χ1v) is 10.4. The van der Waals surface area contributed by atoms with E-state index in [2.05, 4.69) is 21.2 Å². The van der Waals surface area contributed by atoms with Gasteiger partial charge in [0.05, 0.1) is 6.54 Å². The van der Waals surface area contributed by atoms with E-state index in [0.717, 1.165) is 50.8 Å². The molecule has 0 atom stereocenters. The molecule has 0 saturated carbocycles. The number of rotatable bonds is 5. The van der Waals surface area contributed by atoms with Crippen molar-refractivity contribution in [2.24, 2.45) is 0 Å². The highest BCUT2D eigenvalue weighted by Crippen LogP contribution is 2.14. The van der Waals surface area contributed by atoms with Crippen LogP contribution in [0.3, 0.4) is 0 Å². The van der Waals surface area contributed by atoms with E-state index >= 15 is 0 Å². The summed E-state index contributed by atoms with van der Waals surface area (Å²) >= 11 is 6.06. The van der Waals surface area contributed by atoms with E-state index in [1.165, 1.54) is 5.56 Å². The summed E-state index contributed by atoms with van der Waals surface area (Å²) in [5.74, 6) is 0.189. The van der Waals surface area contributed by atoms with Crippen molar-refractivity contribution in [1.82, 2.24) is 24.9 Å². The van der Waals surface area contributed by atoms with Gasteiger partial charge in [-0.2, -0.15) is 0 Å². The number of carbonyl (C=O) groups excluding carboxylic acids is 2. The quantitative estimate of drug-likeness (QED) is 0.800. The second-order valence-corrected chi connectivity index (χ2v) is 7.82. The Bertz CT molecular complexity index is 670. The van der Waals surface area contributed by atoms with E-state index in [1.54, 1.807) is 0 Å². The lowest BCUT2D eigenvalue weighted by atomic mass is 10.2. The maximum Gasteiger partial charge on any atom is 0.317 e. The lowest BCUT2D eigenvalue weighted by Gasteiger charge is -2.38. The number of hydrogen-bond acceptors (Lipinski definition) is 4. The van der Waals surface area contributed by atoms with Gasteiger partial charge >= 0.3 is 6.03 Å². The van der Waals surface area contributed by atoms with Crippen LogP contribution in [0.25, 0.3) is 0 Å². The molecule has 0 bridgehead atoms. The molecule has 2 heterocycles. The molecule has 1 aromatic carbocycles. The summed E-state index contributed by atoms with van der Waals surface area (Å²) in [6, 6.07) is 7.94. The van der Waals surface area contributed by atoms with E-state index in [0.29, 0.717) is 26.2 Å². The van der Waals surface area contributed by atoms with Gasteiger partial charge in [-0.25, -0.2) is 4.79 Å². The van der Waals surface area contributed by atoms with Gasteiger partial charge in [0.25, 0.3) is 0 Å². The second kappa shape index (κ2) is 10.1. The zero-order valence-electron chi connectivity index (χ0n) is 16.6. The van der Waals surface area contributed by atoms with Gasteiger partial charge in [0.15, 0.2) is 0 Å². The third-order valence-corrected chi connectivity index (χ3v) is 5.60. The Morgan fingerprint density at radius 1 is 0.964 bits per heavy atom. The van der Waals surface area contributed by atoms with Crippen LogP contribution in [0.4, 0.5) is 4.79 Å². The summed E-state index contributed by atoms with van der Waals surface area (Å²) in [6.45, 7) is 9.99. The highest BCUT2D eigenvalue weighted by atomic mass is 35.5. The molecule has 2 aliphatic rings. The number of nitrogens with one attached hydrogen (secondary N) is 1. The van der Waals surface area contributed by atoms with Gasteiger partial charge in [0, 0.05) is 70.5 Å². The van der Waals surface area contributed by atoms with Gasteiger partial charge in [-0.05, 0) is 24.6 Å². The molecule has 1 aromatic rings. The van der Waals surface area contributed by atoms with Crippen LogP contribution in [0.1, 0.15) is 12.5 Å². The number of amides is 3. The van der Waals surface area contributed by atoms with E-state index in [-0.39, 0.29) is 11.9 Å². The average Bonchev–Trinajstić information content (AvgIpc) is 2.69. The van der Waals surface area contributed by atoms with Crippen LogP contribution < -0.4 is 5.32 Å². The van der Waals surface area contributed by atoms with E-state index < -0.39 is 0 Å². The number of benzene rings is 1. The highest BCUT2D eigenvalue weighted by Gasteiger charge is 2.26. The highest BCUT2D eigenvalue weighted by molar-refractivity contribution is 6.30. The molecule has 8 heteroatoms. The molecule has 3 rings (SSSR count). The Kier molecular flexibility index (Phi) is 7.53. The van der Waals surface area contributed by atoms with Gasteiger partial charge in [-0.15, -0.1) is 0 Å². The molecular formula is C20H30ClN5O2. The first kappa shape index (κ1) is 20.9. The standard InChI is InChI=1S/C20H30ClN5O2/c1-2-22-20(28)26-12-8-24(9-13-26)16-19(27)25-10-6-23(7-11-25)15-17-4-3-5-18(21)14-17/h3-5,14H,2,6-13,15-16H2,1H3,(H,22,28). The number of urea groups is 1. The molecule has 1 N–H and O–H groups in total. The van der Waals surface area contributed by atoms with Crippen molar-refractivity contribution in [3.05, 3.63) is 34.9 Å². The fourth-order valence-electron chi connectivity index (χ4n) is 3.71. The third-order valence-electron chi connectivity index (χ3n) is 5.37. The Balaban J connectivity index is 1.38. The van der Waals surface area contributed by atoms with Crippen molar-refractivity contribution < 1.29 is 9.59 Å². The van der Waals surface area contributed by atoms with Crippen molar-refractivity contribution in [3.63, 3.8) is 0 Å². The average molecular weight is 408 g/mol. The number of piperazine rings is 2. The molecule has 2 aliphatic heterocycles. The van der Waals surface area contributed by atoms with Crippen LogP contribution in [0.5, 0.6) is 0 Å². The molecule has 28 heavy (non-hydrogen) atoms. The fraction of sp³-hybridized carbons (Fsp3) is 0.600.